The summed E-state index contributed by atoms with van der Waals surface area (Å²) >= 11 is 0. The lowest BCUT2D eigenvalue weighted by Crippen LogP contribution is -2.03. The van der Waals surface area contributed by atoms with Gasteiger partial charge in [0.2, 0.25) is 0 Å². The Balaban J connectivity index is 2.90. The predicted octanol–water partition coefficient (Wildman–Crippen LogP) is 2.14. The molecule has 0 aromatic carbocycles. The third-order valence-electron chi connectivity index (χ3n) is 1.54. The monoisotopic (exact) mass is 151 g/mol. The standard InChI is InChI=1S/C9H13NO/c1-9(2)4-5-10-7-8(6-9)11-3/h4-7H,1-3H3. The molecule has 1 aliphatic rings. The van der Waals surface area contributed by atoms with Crippen molar-refractivity contribution < 1.29 is 4.74 Å². The summed E-state index contributed by atoms with van der Waals surface area (Å²) in [5, 5.41) is 0. The maximum absolute atomic E-state index is 5.08. The molecule has 1 aliphatic heterocycles. The summed E-state index contributed by atoms with van der Waals surface area (Å²) < 4.78 is 5.08. The molecule has 1 heterocycles. The third kappa shape index (κ3) is 2.22. The van der Waals surface area contributed by atoms with Gasteiger partial charge in [-0.3, -0.25) is 4.99 Å². The molecule has 0 amide bonds. The second-order valence-electron chi connectivity index (χ2n) is 3.17. The molecule has 0 saturated heterocycles. The van der Waals surface area contributed by atoms with Crippen LogP contribution in [0, 0.1) is 5.41 Å². The van der Waals surface area contributed by atoms with Crippen LogP contribution >= 0.6 is 0 Å². The molecule has 0 fully saturated rings. The highest BCUT2D eigenvalue weighted by atomic mass is 16.5. The van der Waals surface area contributed by atoms with Gasteiger partial charge < -0.3 is 4.74 Å². The SMILES string of the molecule is COC1=CC(C)(C)C=CN=C1. The highest BCUT2D eigenvalue weighted by Crippen LogP contribution is 2.22. The van der Waals surface area contributed by atoms with Crippen LogP contribution in [0.25, 0.3) is 0 Å². The Kier molecular flexibility index (Phi) is 2.13. The van der Waals surface area contributed by atoms with Crippen LogP contribution in [-0.2, 0) is 4.74 Å². The Morgan fingerprint density at radius 1 is 1.45 bits per heavy atom. The summed E-state index contributed by atoms with van der Waals surface area (Å²) in [6.45, 7) is 4.22. The van der Waals surface area contributed by atoms with E-state index in [0.29, 0.717) is 0 Å². The van der Waals surface area contributed by atoms with E-state index in [0.717, 1.165) is 5.76 Å². The average Bonchev–Trinajstić information content (AvgIpc) is 2.10. The number of allylic oxidation sites excluding steroid dienone is 3. The molecule has 11 heavy (non-hydrogen) atoms. The smallest absolute Gasteiger partial charge is 0.133 e. The zero-order valence-electron chi connectivity index (χ0n) is 7.16. The van der Waals surface area contributed by atoms with Crippen molar-refractivity contribution in [2.45, 2.75) is 13.8 Å². The first-order valence-corrected chi connectivity index (χ1v) is 3.62. The summed E-state index contributed by atoms with van der Waals surface area (Å²) in [5.74, 6) is 0.819. The summed E-state index contributed by atoms with van der Waals surface area (Å²) in [6, 6.07) is 0. The minimum Gasteiger partial charge on any atom is -0.495 e. The summed E-state index contributed by atoms with van der Waals surface area (Å²) in [6.07, 6.45) is 7.59. The van der Waals surface area contributed by atoms with E-state index in [9.17, 15) is 0 Å². The van der Waals surface area contributed by atoms with Gasteiger partial charge in [-0.05, 0) is 6.08 Å². The van der Waals surface area contributed by atoms with Crippen molar-refractivity contribution in [2.75, 3.05) is 7.11 Å². The Bertz CT molecular complexity index is 224. The summed E-state index contributed by atoms with van der Waals surface area (Å²) in [7, 11) is 1.65. The minimum atomic E-state index is 0.0435. The van der Waals surface area contributed by atoms with Gasteiger partial charge in [0.25, 0.3) is 0 Å². The van der Waals surface area contributed by atoms with Crippen LogP contribution in [-0.4, -0.2) is 13.3 Å². The van der Waals surface area contributed by atoms with Crippen molar-refractivity contribution in [3.8, 4) is 0 Å². The number of rotatable bonds is 1. The molecule has 60 valence electrons. The van der Waals surface area contributed by atoms with Gasteiger partial charge in [-0.2, -0.15) is 0 Å². The molecule has 2 nitrogen and oxygen atoms in total. The van der Waals surface area contributed by atoms with E-state index in [1.165, 1.54) is 0 Å². The molecule has 0 spiro atoms. The zero-order valence-corrected chi connectivity index (χ0v) is 7.16. The van der Waals surface area contributed by atoms with E-state index < -0.39 is 0 Å². The first-order chi connectivity index (χ1) is 5.14. The molecule has 0 atom stereocenters. The molecule has 0 aliphatic carbocycles. The number of hydrogen-bond acceptors (Lipinski definition) is 2. The Labute approximate surface area is 67.3 Å². The quantitative estimate of drug-likeness (QED) is 0.562. The van der Waals surface area contributed by atoms with Gasteiger partial charge in [-0.25, -0.2) is 0 Å². The van der Waals surface area contributed by atoms with Crippen LogP contribution in [0.5, 0.6) is 0 Å². The zero-order chi connectivity index (χ0) is 8.32. The van der Waals surface area contributed by atoms with Crippen LogP contribution in [0.1, 0.15) is 13.8 Å². The molecule has 0 unspecified atom stereocenters. The lowest BCUT2D eigenvalue weighted by molar-refractivity contribution is 0.311. The van der Waals surface area contributed by atoms with E-state index in [1.54, 1.807) is 19.5 Å². The van der Waals surface area contributed by atoms with Gasteiger partial charge in [-0.1, -0.05) is 19.9 Å². The Morgan fingerprint density at radius 3 is 2.82 bits per heavy atom. The first kappa shape index (κ1) is 8.05. The molecule has 0 radical (unpaired) electrons. The molecular weight excluding hydrogens is 138 g/mol. The number of methoxy groups -OCH3 is 1. The molecule has 1 rings (SSSR count). The van der Waals surface area contributed by atoms with E-state index in [1.807, 2.05) is 12.2 Å². The summed E-state index contributed by atoms with van der Waals surface area (Å²) in [4.78, 5) is 4.02. The second kappa shape index (κ2) is 2.91. The van der Waals surface area contributed by atoms with Crippen molar-refractivity contribution >= 4 is 6.21 Å². The fourth-order valence-electron chi connectivity index (χ4n) is 0.915. The van der Waals surface area contributed by atoms with E-state index >= 15 is 0 Å². The van der Waals surface area contributed by atoms with Gasteiger partial charge >= 0.3 is 0 Å². The first-order valence-electron chi connectivity index (χ1n) is 3.62. The third-order valence-corrected chi connectivity index (χ3v) is 1.54. The van der Waals surface area contributed by atoms with Gasteiger partial charge in [0.05, 0.1) is 13.3 Å². The molecule has 0 N–H and O–H groups in total. The Morgan fingerprint density at radius 2 is 2.18 bits per heavy atom. The van der Waals surface area contributed by atoms with E-state index in [-0.39, 0.29) is 5.41 Å². The van der Waals surface area contributed by atoms with Crippen molar-refractivity contribution in [1.82, 2.24) is 0 Å². The minimum absolute atomic E-state index is 0.0435. The maximum atomic E-state index is 5.08. The highest BCUT2D eigenvalue weighted by molar-refractivity contribution is 5.77. The summed E-state index contributed by atoms with van der Waals surface area (Å²) in [5.41, 5.74) is 0.0435. The normalized spacial score (nSPS) is 20.8. The second-order valence-corrected chi connectivity index (χ2v) is 3.17. The number of aliphatic imine (C=N–C) groups is 1. The van der Waals surface area contributed by atoms with Gasteiger partial charge in [-0.15, -0.1) is 0 Å². The largest absolute Gasteiger partial charge is 0.495 e. The molecular formula is C9H13NO. The van der Waals surface area contributed by atoms with Crippen molar-refractivity contribution in [3.05, 3.63) is 24.1 Å². The van der Waals surface area contributed by atoms with E-state index in [2.05, 4.69) is 18.8 Å². The van der Waals surface area contributed by atoms with Gasteiger partial charge in [0.15, 0.2) is 0 Å². The van der Waals surface area contributed by atoms with Gasteiger partial charge in [0, 0.05) is 11.6 Å². The fraction of sp³-hybridized carbons (Fsp3) is 0.444. The van der Waals surface area contributed by atoms with Crippen LogP contribution in [0.2, 0.25) is 0 Å². The van der Waals surface area contributed by atoms with Crippen LogP contribution < -0.4 is 0 Å². The van der Waals surface area contributed by atoms with E-state index in [4.69, 9.17) is 4.74 Å². The topological polar surface area (TPSA) is 21.6 Å². The molecule has 0 saturated carbocycles. The van der Waals surface area contributed by atoms with Crippen molar-refractivity contribution in [1.29, 1.82) is 0 Å². The van der Waals surface area contributed by atoms with Crippen LogP contribution in [0.4, 0.5) is 0 Å². The fourth-order valence-corrected chi connectivity index (χ4v) is 0.915. The van der Waals surface area contributed by atoms with Crippen LogP contribution in [0.3, 0.4) is 0 Å². The lowest BCUT2D eigenvalue weighted by atomic mass is 9.93. The molecule has 0 bridgehead atoms. The molecule has 0 aromatic rings. The number of hydrogen-bond donors (Lipinski definition) is 0. The Hall–Kier alpha value is -1.05. The van der Waals surface area contributed by atoms with Crippen LogP contribution in [0.15, 0.2) is 29.1 Å². The lowest BCUT2D eigenvalue weighted by Gasteiger charge is -2.13. The average molecular weight is 151 g/mol. The maximum Gasteiger partial charge on any atom is 0.133 e. The van der Waals surface area contributed by atoms with Crippen molar-refractivity contribution in [2.24, 2.45) is 10.4 Å². The number of nitrogens with zero attached hydrogens (tertiary/aromatic N) is 1. The molecule has 0 aromatic heterocycles. The molecule has 2 heteroatoms. The number of ether oxygens (including phenoxy) is 1. The van der Waals surface area contributed by atoms with Crippen molar-refractivity contribution in [3.63, 3.8) is 0 Å². The predicted molar refractivity (Wildman–Crippen MR) is 46.5 cm³/mol. The van der Waals surface area contributed by atoms with Gasteiger partial charge in [0.1, 0.15) is 5.76 Å². The highest BCUT2D eigenvalue weighted by Gasteiger charge is 2.12.